The SMILES string of the molecule is CCCCc1ccc(N(C(=O)/C=C/c2cc(Br)c(OCC)c(OC)c2)S(=O)(=O)c2ccc(Cl)cc2)cc1. The standard InChI is InChI=1S/C28H29BrClNO5S/c1-4-6-7-20-8-13-23(14-9-20)31(37(33,34)24-15-11-22(30)12-16-24)27(32)17-10-21-18-25(29)28(36-5-2)26(19-21)35-3/h8-19H,4-7H2,1-3H3/b17-10+. The summed E-state index contributed by atoms with van der Waals surface area (Å²) in [5, 5.41) is 0.395. The molecule has 0 saturated carbocycles. The molecule has 0 aliphatic carbocycles. The van der Waals surface area contributed by atoms with Crippen LogP contribution in [0.5, 0.6) is 11.5 Å². The Hall–Kier alpha value is -2.81. The molecule has 0 N–H and O–H groups in total. The summed E-state index contributed by atoms with van der Waals surface area (Å²) in [5.41, 5.74) is 1.94. The van der Waals surface area contributed by atoms with Gasteiger partial charge in [0.05, 0.1) is 28.8 Å². The number of unbranched alkanes of at least 4 members (excludes halogenated alkanes) is 1. The molecule has 196 valence electrons. The van der Waals surface area contributed by atoms with Crippen LogP contribution in [0.1, 0.15) is 37.8 Å². The molecule has 0 aliphatic heterocycles. The van der Waals surface area contributed by atoms with Gasteiger partial charge in [-0.05, 0) is 101 Å². The maximum absolute atomic E-state index is 13.6. The van der Waals surface area contributed by atoms with E-state index < -0.39 is 15.9 Å². The van der Waals surface area contributed by atoms with Gasteiger partial charge in [-0.25, -0.2) is 8.42 Å². The third-order valence-corrected chi connectivity index (χ3v) is 8.08. The first-order valence-corrected chi connectivity index (χ1v) is 14.4. The Kier molecular flexibility index (Phi) is 10.2. The second kappa shape index (κ2) is 13.1. The summed E-state index contributed by atoms with van der Waals surface area (Å²) in [6.45, 7) is 4.43. The van der Waals surface area contributed by atoms with Gasteiger partial charge in [0.25, 0.3) is 15.9 Å². The minimum Gasteiger partial charge on any atom is -0.493 e. The molecule has 0 aliphatic rings. The van der Waals surface area contributed by atoms with Crippen LogP contribution in [0.4, 0.5) is 5.69 Å². The Morgan fingerprint density at radius 1 is 1.05 bits per heavy atom. The number of halogens is 2. The van der Waals surface area contributed by atoms with E-state index in [9.17, 15) is 13.2 Å². The largest absolute Gasteiger partial charge is 0.493 e. The van der Waals surface area contributed by atoms with Gasteiger partial charge in [-0.3, -0.25) is 4.79 Å². The van der Waals surface area contributed by atoms with Gasteiger partial charge in [0.2, 0.25) is 0 Å². The highest BCUT2D eigenvalue weighted by molar-refractivity contribution is 9.10. The van der Waals surface area contributed by atoms with Gasteiger partial charge in [0, 0.05) is 11.1 Å². The summed E-state index contributed by atoms with van der Waals surface area (Å²) >= 11 is 9.42. The maximum Gasteiger partial charge on any atom is 0.271 e. The first kappa shape index (κ1) is 28.8. The highest BCUT2D eigenvalue weighted by Crippen LogP contribution is 2.37. The normalized spacial score (nSPS) is 11.5. The van der Waals surface area contributed by atoms with Crippen LogP contribution >= 0.6 is 27.5 Å². The van der Waals surface area contributed by atoms with Crippen molar-refractivity contribution in [1.29, 1.82) is 0 Å². The summed E-state index contributed by atoms with van der Waals surface area (Å²) in [6, 6.07) is 16.2. The average molecular weight is 607 g/mol. The van der Waals surface area contributed by atoms with Crippen LogP contribution < -0.4 is 13.8 Å². The van der Waals surface area contributed by atoms with Crippen molar-refractivity contribution < 1.29 is 22.7 Å². The number of sulfonamides is 1. The van der Waals surface area contributed by atoms with E-state index in [1.54, 1.807) is 24.3 Å². The van der Waals surface area contributed by atoms with E-state index in [1.807, 2.05) is 19.1 Å². The van der Waals surface area contributed by atoms with Crippen LogP contribution in [0.2, 0.25) is 5.02 Å². The van der Waals surface area contributed by atoms with Crippen LogP contribution in [-0.4, -0.2) is 28.0 Å². The minimum absolute atomic E-state index is 0.0424. The number of methoxy groups -OCH3 is 1. The van der Waals surface area contributed by atoms with E-state index in [0.717, 1.165) is 29.1 Å². The van der Waals surface area contributed by atoms with Crippen molar-refractivity contribution in [3.05, 3.63) is 87.4 Å². The number of hydrogen-bond donors (Lipinski definition) is 0. The number of amides is 1. The van der Waals surface area contributed by atoms with Gasteiger partial charge in [-0.2, -0.15) is 4.31 Å². The lowest BCUT2D eigenvalue weighted by Gasteiger charge is -2.22. The molecule has 3 rings (SSSR count). The highest BCUT2D eigenvalue weighted by Gasteiger charge is 2.30. The van der Waals surface area contributed by atoms with Crippen LogP contribution in [0.15, 0.2) is 76.1 Å². The Labute approximate surface area is 232 Å². The molecule has 1 amide bonds. The number of carbonyl (C=O) groups is 1. The molecule has 0 saturated heterocycles. The molecule has 6 nitrogen and oxygen atoms in total. The highest BCUT2D eigenvalue weighted by atomic mass is 79.9. The van der Waals surface area contributed by atoms with Crippen molar-refractivity contribution >= 4 is 55.2 Å². The Balaban J connectivity index is 2.01. The Morgan fingerprint density at radius 2 is 1.73 bits per heavy atom. The molecule has 0 aromatic heterocycles. The van der Waals surface area contributed by atoms with E-state index in [1.165, 1.54) is 43.5 Å². The molecule has 0 radical (unpaired) electrons. The lowest BCUT2D eigenvalue weighted by molar-refractivity contribution is -0.113. The predicted molar refractivity (Wildman–Crippen MR) is 152 cm³/mol. The molecule has 0 atom stereocenters. The summed E-state index contributed by atoms with van der Waals surface area (Å²) in [7, 11) is -2.70. The molecule has 9 heteroatoms. The van der Waals surface area contributed by atoms with Crippen molar-refractivity contribution in [1.82, 2.24) is 0 Å². The quantitative estimate of drug-likeness (QED) is 0.214. The fourth-order valence-electron chi connectivity index (χ4n) is 3.63. The number of benzene rings is 3. The number of nitrogens with zero attached hydrogens (tertiary/aromatic N) is 1. The minimum atomic E-state index is -4.22. The molecule has 37 heavy (non-hydrogen) atoms. The summed E-state index contributed by atoms with van der Waals surface area (Å²) in [4.78, 5) is 13.4. The van der Waals surface area contributed by atoms with Gasteiger partial charge in [-0.1, -0.05) is 37.1 Å². The molecule has 0 unspecified atom stereocenters. The number of carbonyl (C=O) groups excluding carboxylic acids is 1. The third kappa shape index (κ3) is 7.15. The second-order valence-corrected chi connectivity index (χ2v) is 11.2. The fraction of sp³-hybridized carbons (Fsp3) is 0.250. The molecule has 0 fully saturated rings. The maximum atomic E-state index is 13.6. The average Bonchev–Trinajstić information content (AvgIpc) is 2.88. The monoisotopic (exact) mass is 605 g/mol. The summed E-state index contributed by atoms with van der Waals surface area (Å²) in [5.74, 6) is 0.306. The van der Waals surface area contributed by atoms with E-state index in [0.29, 0.717) is 33.2 Å². The molecule has 3 aromatic rings. The van der Waals surface area contributed by atoms with E-state index in [-0.39, 0.29) is 10.6 Å². The smallest absolute Gasteiger partial charge is 0.271 e. The molecule has 3 aromatic carbocycles. The van der Waals surface area contributed by atoms with Crippen molar-refractivity contribution in [2.45, 2.75) is 38.0 Å². The van der Waals surface area contributed by atoms with Gasteiger partial charge in [-0.15, -0.1) is 0 Å². The fourth-order valence-corrected chi connectivity index (χ4v) is 5.72. The number of ether oxygens (including phenoxy) is 2. The van der Waals surface area contributed by atoms with Crippen molar-refractivity contribution in [3.63, 3.8) is 0 Å². The van der Waals surface area contributed by atoms with E-state index >= 15 is 0 Å². The number of aryl methyl sites for hydroxylation is 1. The zero-order valence-corrected chi connectivity index (χ0v) is 24.1. The van der Waals surface area contributed by atoms with Gasteiger partial charge < -0.3 is 9.47 Å². The van der Waals surface area contributed by atoms with E-state index in [2.05, 4.69) is 22.9 Å². The topological polar surface area (TPSA) is 72.9 Å². The summed E-state index contributed by atoms with van der Waals surface area (Å²) in [6.07, 6.45) is 5.71. The molecule has 0 heterocycles. The molecular formula is C28H29BrClNO5S. The zero-order valence-electron chi connectivity index (χ0n) is 20.9. The first-order valence-electron chi connectivity index (χ1n) is 11.8. The van der Waals surface area contributed by atoms with E-state index in [4.69, 9.17) is 21.1 Å². The van der Waals surface area contributed by atoms with Gasteiger partial charge in [0.1, 0.15) is 0 Å². The number of anilines is 1. The van der Waals surface area contributed by atoms with Crippen molar-refractivity contribution in [2.24, 2.45) is 0 Å². The third-order valence-electron chi connectivity index (χ3n) is 5.50. The van der Waals surface area contributed by atoms with Gasteiger partial charge in [0.15, 0.2) is 11.5 Å². The zero-order chi connectivity index (χ0) is 27.0. The van der Waals surface area contributed by atoms with Gasteiger partial charge >= 0.3 is 0 Å². The molecular weight excluding hydrogens is 578 g/mol. The number of rotatable bonds is 11. The Morgan fingerprint density at radius 3 is 2.32 bits per heavy atom. The molecule has 0 spiro atoms. The summed E-state index contributed by atoms with van der Waals surface area (Å²) < 4.78 is 39.7. The first-order chi connectivity index (χ1) is 17.7. The predicted octanol–water partition coefficient (Wildman–Crippen LogP) is 7.29. The van der Waals surface area contributed by atoms with Crippen LogP contribution in [0, 0.1) is 0 Å². The van der Waals surface area contributed by atoms with Crippen LogP contribution in [0.3, 0.4) is 0 Å². The lowest BCUT2D eigenvalue weighted by atomic mass is 10.1. The number of hydrogen-bond acceptors (Lipinski definition) is 5. The lowest BCUT2D eigenvalue weighted by Crippen LogP contribution is -2.35. The molecule has 0 bridgehead atoms. The van der Waals surface area contributed by atoms with Crippen molar-refractivity contribution in [2.75, 3.05) is 18.0 Å². The Bertz CT molecular complexity index is 1360. The second-order valence-electron chi connectivity index (χ2n) is 8.13. The van der Waals surface area contributed by atoms with Crippen LogP contribution in [-0.2, 0) is 21.2 Å². The van der Waals surface area contributed by atoms with Crippen LogP contribution in [0.25, 0.3) is 6.08 Å². The van der Waals surface area contributed by atoms with Crippen molar-refractivity contribution in [3.8, 4) is 11.5 Å².